The van der Waals surface area contributed by atoms with Crippen molar-refractivity contribution in [3.05, 3.63) is 42.2 Å². The highest BCUT2D eigenvalue weighted by atomic mass is 32.2. The zero-order valence-corrected chi connectivity index (χ0v) is 19.3. The summed E-state index contributed by atoms with van der Waals surface area (Å²) < 4.78 is 57.3. The van der Waals surface area contributed by atoms with Crippen LogP contribution in [0.25, 0.3) is 11.1 Å². The van der Waals surface area contributed by atoms with Crippen LogP contribution in [-0.2, 0) is 19.1 Å². The van der Waals surface area contributed by atoms with Crippen LogP contribution in [-0.4, -0.2) is 39.1 Å². The second-order valence-electron chi connectivity index (χ2n) is 8.78. The first kappa shape index (κ1) is 22.8. The molecule has 0 amide bonds. The molecular weight excluding hydrogens is 406 g/mol. The molecule has 1 heterocycles. The minimum Gasteiger partial charge on any atom is -0.496 e. The first-order valence-corrected chi connectivity index (χ1v) is 11.4. The van der Waals surface area contributed by atoms with Gasteiger partial charge in [-0.05, 0) is 71.3 Å². The van der Waals surface area contributed by atoms with Gasteiger partial charge in [0.05, 0.1) is 28.5 Å². The summed E-state index contributed by atoms with van der Waals surface area (Å²) in [7, 11) is -2.69. The molecule has 0 atom stereocenters. The lowest BCUT2D eigenvalue weighted by Gasteiger charge is -2.32. The lowest BCUT2D eigenvalue weighted by molar-refractivity contribution is 0.00578. The zero-order valence-electron chi connectivity index (χ0n) is 18.4. The van der Waals surface area contributed by atoms with Gasteiger partial charge in [-0.2, -0.15) is 0 Å². The minimum atomic E-state index is -3.48. The molecule has 2 aromatic carbocycles. The monoisotopic (exact) mass is 434 g/mol. The summed E-state index contributed by atoms with van der Waals surface area (Å²) in [4.78, 5) is 0.139. The molecule has 0 N–H and O–H groups in total. The first-order chi connectivity index (χ1) is 13.8. The standard InChI is InChI=1S/C22H28BFO5S/c1-14(2)30(25,26)16-9-10-17(20(13-16)27-7)18-12-15(8-11-19(18)24)23-28-21(3,4)22(5,6)29-23/h8-14H,1-7H3. The molecule has 162 valence electrons. The Morgan fingerprint density at radius 3 is 2.10 bits per heavy atom. The predicted molar refractivity (Wildman–Crippen MR) is 116 cm³/mol. The lowest BCUT2D eigenvalue weighted by atomic mass is 9.78. The number of sulfone groups is 1. The first-order valence-electron chi connectivity index (χ1n) is 9.87. The van der Waals surface area contributed by atoms with E-state index in [0.717, 1.165) is 0 Å². The van der Waals surface area contributed by atoms with E-state index in [1.54, 1.807) is 32.0 Å². The van der Waals surface area contributed by atoms with E-state index in [4.69, 9.17) is 14.0 Å². The molecule has 0 aliphatic carbocycles. The second kappa shape index (κ2) is 7.66. The number of ether oxygens (including phenoxy) is 1. The van der Waals surface area contributed by atoms with Crippen molar-refractivity contribution in [3.8, 4) is 16.9 Å². The minimum absolute atomic E-state index is 0.139. The van der Waals surface area contributed by atoms with Crippen LogP contribution < -0.4 is 10.2 Å². The maximum Gasteiger partial charge on any atom is 0.494 e. The fourth-order valence-electron chi connectivity index (χ4n) is 3.22. The molecule has 1 fully saturated rings. The molecule has 0 saturated carbocycles. The molecule has 1 saturated heterocycles. The van der Waals surface area contributed by atoms with Crippen molar-refractivity contribution in [2.45, 2.75) is 62.9 Å². The van der Waals surface area contributed by atoms with E-state index in [1.165, 1.54) is 25.3 Å². The molecule has 0 radical (unpaired) electrons. The van der Waals surface area contributed by atoms with Crippen LogP contribution in [0.3, 0.4) is 0 Å². The fourth-order valence-corrected chi connectivity index (χ4v) is 4.29. The van der Waals surface area contributed by atoms with Crippen LogP contribution >= 0.6 is 0 Å². The van der Waals surface area contributed by atoms with Crippen molar-refractivity contribution in [2.24, 2.45) is 0 Å². The van der Waals surface area contributed by atoms with Gasteiger partial charge >= 0.3 is 7.12 Å². The van der Waals surface area contributed by atoms with Gasteiger partial charge in [0, 0.05) is 11.1 Å². The number of halogens is 1. The number of hydrogen-bond acceptors (Lipinski definition) is 5. The number of rotatable bonds is 5. The van der Waals surface area contributed by atoms with E-state index in [9.17, 15) is 12.8 Å². The Morgan fingerprint density at radius 2 is 1.57 bits per heavy atom. The van der Waals surface area contributed by atoms with Gasteiger partial charge in [-0.3, -0.25) is 0 Å². The summed E-state index contributed by atoms with van der Waals surface area (Å²) in [5.74, 6) is -0.172. The van der Waals surface area contributed by atoms with Crippen LogP contribution in [0, 0.1) is 5.82 Å². The largest absolute Gasteiger partial charge is 0.496 e. The zero-order chi connectivity index (χ0) is 22.5. The number of hydrogen-bond donors (Lipinski definition) is 0. The van der Waals surface area contributed by atoms with Gasteiger partial charge < -0.3 is 14.0 Å². The van der Waals surface area contributed by atoms with Crippen molar-refractivity contribution < 1.29 is 26.9 Å². The van der Waals surface area contributed by atoms with Gasteiger partial charge in [-0.15, -0.1) is 0 Å². The Bertz CT molecular complexity index is 1050. The second-order valence-corrected chi connectivity index (χ2v) is 11.3. The molecule has 0 spiro atoms. The molecule has 30 heavy (non-hydrogen) atoms. The molecule has 8 heteroatoms. The van der Waals surface area contributed by atoms with Gasteiger partial charge in [0.15, 0.2) is 9.84 Å². The Kier molecular flexibility index (Phi) is 5.82. The van der Waals surface area contributed by atoms with Crippen molar-refractivity contribution in [1.29, 1.82) is 0 Å². The van der Waals surface area contributed by atoms with Gasteiger partial charge in [0.1, 0.15) is 11.6 Å². The summed E-state index contributed by atoms with van der Waals surface area (Å²) in [6.07, 6.45) is 0. The molecule has 3 rings (SSSR count). The van der Waals surface area contributed by atoms with Gasteiger partial charge in [-0.1, -0.05) is 12.1 Å². The third-order valence-electron chi connectivity index (χ3n) is 5.93. The summed E-state index contributed by atoms with van der Waals surface area (Å²) >= 11 is 0. The summed E-state index contributed by atoms with van der Waals surface area (Å²) in [6.45, 7) is 11.0. The van der Waals surface area contributed by atoms with Crippen LogP contribution in [0.4, 0.5) is 4.39 Å². The Balaban J connectivity index is 2.06. The van der Waals surface area contributed by atoms with Gasteiger partial charge in [0.25, 0.3) is 0 Å². The molecular formula is C22H28BFO5S. The van der Waals surface area contributed by atoms with Crippen LogP contribution in [0.5, 0.6) is 5.75 Å². The van der Waals surface area contributed by atoms with Crippen LogP contribution in [0.2, 0.25) is 0 Å². The van der Waals surface area contributed by atoms with E-state index in [0.29, 0.717) is 11.0 Å². The molecule has 0 unspecified atom stereocenters. The fraction of sp³-hybridized carbons (Fsp3) is 0.455. The quantitative estimate of drug-likeness (QED) is 0.667. The average Bonchev–Trinajstić information content (AvgIpc) is 2.88. The molecule has 5 nitrogen and oxygen atoms in total. The Morgan fingerprint density at radius 1 is 0.967 bits per heavy atom. The Hall–Kier alpha value is -1.90. The van der Waals surface area contributed by atoms with E-state index in [1.807, 2.05) is 27.7 Å². The highest BCUT2D eigenvalue weighted by Gasteiger charge is 2.51. The van der Waals surface area contributed by atoms with Gasteiger partial charge in [-0.25, -0.2) is 12.8 Å². The van der Waals surface area contributed by atoms with Crippen molar-refractivity contribution >= 4 is 22.4 Å². The van der Waals surface area contributed by atoms with Crippen molar-refractivity contribution in [3.63, 3.8) is 0 Å². The molecule has 2 aromatic rings. The maximum absolute atomic E-state index is 14.8. The van der Waals surface area contributed by atoms with E-state index < -0.39 is 39.2 Å². The van der Waals surface area contributed by atoms with Crippen LogP contribution in [0.15, 0.2) is 41.3 Å². The highest BCUT2D eigenvalue weighted by Crippen LogP contribution is 2.38. The lowest BCUT2D eigenvalue weighted by Crippen LogP contribution is -2.41. The number of methoxy groups -OCH3 is 1. The van der Waals surface area contributed by atoms with E-state index >= 15 is 0 Å². The third-order valence-corrected chi connectivity index (χ3v) is 8.08. The SMILES string of the molecule is COc1cc(S(=O)(=O)C(C)C)ccc1-c1cc(B2OC(C)(C)C(C)(C)O2)ccc1F. The van der Waals surface area contributed by atoms with E-state index in [-0.39, 0.29) is 16.2 Å². The third kappa shape index (κ3) is 3.88. The van der Waals surface area contributed by atoms with Crippen molar-refractivity contribution in [2.75, 3.05) is 7.11 Å². The predicted octanol–water partition coefficient (Wildman–Crippen LogP) is 3.98. The van der Waals surface area contributed by atoms with Gasteiger partial charge in [0.2, 0.25) is 0 Å². The Labute approximate surface area is 178 Å². The molecule has 1 aliphatic rings. The highest BCUT2D eigenvalue weighted by molar-refractivity contribution is 7.92. The van der Waals surface area contributed by atoms with Crippen molar-refractivity contribution in [1.82, 2.24) is 0 Å². The summed E-state index contributed by atoms with van der Waals surface area (Å²) in [5.41, 5.74) is 0.377. The normalized spacial score (nSPS) is 18.1. The number of benzene rings is 2. The van der Waals surface area contributed by atoms with E-state index in [2.05, 4.69) is 0 Å². The smallest absolute Gasteiger partial charge is 0.494 e. The van der Waals surface area contributed by atoms with Crippen LogP contribution in [0.1, 0.15) is 41.5 Å². The molecule has 1 aliphatic heterocycles. The summed E-state index contributed by atoms with van der Waals surface area (Å²) in [5, 5.41) is -0.573. The maximum atomic E-state index is 14.8. The molecule has 0 aromatic heterocycles. The topological polar surface area (TPSA) is 61.8 Å². The molecule has 0 bridgehead atoms. The average molecular weight is 434 g/mol. The summed E-state index contributed by atoms with van der Waals surface area (Å²) in [6, 6.07) is 9.13.